The van der Waals surface area contributed by atoms with Gasteiger partial charge in [0.2, 0.25) is 0 Å². The lowest BCUT2D eigenvalue weighted by molar-refractivity contribution is -0.113. The molecule has 0 aliphatic carbocycles. The van der Waals surface area contributed by atoms with Crippen molar-refractivity contribution in [2.75, 3.05) is 5.32 Å². The predicted molar refractivity (Wildman–Crippen MR) is 118 cm³/mol. The third kappa shape index (κ3) is 3.94. The number of nitrogens with one attached hydrogen (secondary N) is 1. The van der Waals surface area contributed by atoms with Gasteiger partial charge in [0.05, 0.1) is 22.4 Å². The zero-order chi connectivity index (χ0) is 20.9. The number of nitriles is 1. The fourth-order valence-electron chi connectivity index (χ4n) is 3.11. The smallest absolute Gasteiger partial charge is 0.171 e. The number of ketones is 1. The molecule has 0 unspecified atom stereocenters. The Kier molecular flexibility index (Phi) is 5.31. The van der Waals surface area contributed by atoms with E-state index in [-0.39, 0.29) is 11.4 Å². The molecule has 3 aromatic carbocycles. The van der Waals surface area contributed by atoms with E-state index in [1.807, 2.05) is 84.9 Å². The number of hydrogen-bond acceptors (Lipinski definition) is 5. The van der Waals surface area contributed by atoms with Gasteiger partial charge in [-0.2, -0.15) is 5.26 Å². The van der Waals surface area contributed by atoms with Gasteiger partial charge in [-0.25, -0.2) is 9.97 Å². The summed E-state index contributed by atoms with van der Waals surface area (Å²) in [4.78, 5) is 21.2. The molecule has 4 rings (SSSR count). The first kappa shape index (κ1) is 19.0. The molecule has 0 atom stereocenters. The highest BCUT2D eigenvalue weighted by molar-refractivity contribution is 5.97. The Bertz CT molecular complexity index is 1290. The number of benzene rings is 3. The Morgan fingerprint density at radius 2 is 1.43 bits per heavy atom. The van der Waals surface area contributed by atoms with Crippen LogP contribution in [0.3, 0.4) is 0 Å². The minimum atomic E-state index is -0.288. The van der Waals surface area contributed by atoms with E-state index in [2.05, 4.69) is 5.32 Å². The van der Waals surface area contributed by atoms with Gasteiger partial charge in [0, 0.05) is 23.0 Å². The monoisotopic (exact) mass is 390 g/mol. The molecule has 0 amide bonds. The summed E-state index contributed by atoms with van der Waals surface area (Å²) in [6, 6.07) is 27.4. The van der Waals surface area contributed by atoms with Gasteiger partial charge in [-0.05, 0) is 25.1 Å². The SMILES string of the molecule is CC(=O)/C(C#N)=C/Nc1ccc2nc(-c3ccccc3)c(-c3ccccc3)nc2c1. The molecule has 5 nitrogen and oxygen atoms in total. The lowest BCUT2D eigenvalue weighted by atomic mass is 10.0. The van der Waals surface area contributed by atoms with E-state index in [4.69, 9.17) is 15.2 Å². The van der Waals surface area contributed by atoms with Crippen molar-refractivity contribution >= 4 is 22.5 Å². The molecule has 5 heteroatoms. The quantitative estimate of drug-likeness (QED) is 0.366. The fraction of sp³-hybridized carbons (Fsp3) is 0.0400. The van der Waals surface area contributed by atoms with Crippen LogP contribution in [0.1, 0.15) is 6.92 Å². The third-order valence-corrected chi connectivity index (χ3v) is 4.64. The maximum absolute atomic E-state index is 11.4. The number of hydrogen-bond donors (Lipinski definition) is 1. The second-order valence-corrected chi connectivity index (χ2v) is 6.73. The number of aromatic nitrogens is 2. The maximum atomic E-state index is 11.4. The van der Waals surface area contributed by atoms with E-state index in [1.54, 1.807) is 0 Å². The van der Waals surface area contributed by atoms with Gasteiger partial charge in [-0.15, -0.1) is 0 Å². The van der Waals surface area contributed by atoms with Crippen molar-refractivity contribution in [1.82, 2.24) is 9.97 Å². The molecule has 0 saturated carbocycles. The molecule has 0 fully saturated rings. The van der Waals surface area contributed by atoms with E-state index < -0.39 is 0 Å². The molecule has 0 bridgehead atoms. The van der Waals surface area contributed by atoms with Gasteiger partial charge in [0.1, 0.15) is 11.6 Å². The highest BCUT2D eigenvalue weighted by atomic mass is 16.1. The van der Waals surface area contributed by atoms with Crippen LogP contribution in [0, 0.1) is 11.3 Å². The van der Waals surface area contributed by atoms with Crippen LogP contribution < -0.4 is 5.32 Å². The van der Waals surface area contributed by atoms with Crippen LogP contribution in [0.15, 0.2) is 90.6 Å². The molecule has 0 aliphatic heterocycles. The minimum Gasteiger partial charge on any atom is -0.360 e. The average molecular weight is 390 g/mol. The van der Waals surface area contributed by atoms with Gasteiger partial charge in [-0.1, -0.05) is 60.7 Å². The highest BCUT2D eigenvalue weighted by Crippen LogP contribution is 2.31. The van der Waals surface area contributed by atoms with Gasteiger partial charge < -0.3 is 5.32 Å². The summed E-state index contributed by atoms with van der Waals surface area (Å²) in [7, 11) is 0. The molecule has 144 valence electrons. The zero-order valence-electron chi connectivity index (χ0n) is 16.3. The Morgan fingerprint density at radius 1 is 0.867 bits per heavy atom. The third-order valence-electron chi connectivity index (χ3n) is 4.64. The molecule has 4 aromatic rings. The molecule has 0 saturated heterocycles. The summed E-state index contributed by atoms with van der Waals surface area (Å²) in [6.45, 7) is 1.36. The van der Waals surface area contributed by atoms with Crippen LogP contribution >= 0.6 is 0 Å². The summed E-state index contributed by atoms with van der Waals surface area (Å²) >= 11 is 0. The lowest BCUT2D eigenvalue weighted by Gasteiger charge is -2.11. The van der Waals surface area contributed by atoms with E-state index in [0.29, 0.717) is 5.52 Å². The van der Waals surface area contributed by atoms with E-state index >= 15 is 0 Å². The Labute approximate surface area is 174 Å². The van der Waals surface area contributed by atoms with Crippen molar-refractivity contribution in [1.29, 1.82) is 5.26 Å². The summed E-state index contributed by atoms with van der Waals surface area (Å²) < 4.78 is 0. The molecule has 1 aromatic heterocycles. The Morgan fingerprint density at radius 3 is 1.97 bits per heavy atom. The normalized spacial score (nSPS) is 11.1. The first-order valence-electron chi connectivity index (χ1n) is 9.46. The molecule has 0 spiro atoms. The number of allylic oxidation sites excluding steroid dienone is 1. The summed E-state index contributed by atoms with van der Waals surface area (Å²) in [5, 5.41) is 12.0. The van der Waals surface area contributed by atoms with Gasteiger partial charge in [0.15, 0.2) is 5.78 Å². The van der Waals surface area contributed by atoms with E-state index in [9.17, 15) is 4.79 Å². The number of Topliss-reactive ketones (excluding diaryl/α,β-unsaturated/α-hetero) is 1. The summed E-state index contributed by atoms with van der Waals surface area (Å²) in [5.74, 6) is -0.288. The number of nitrogens with zero attached hydrogens (tertiary/aromatic N) is 3. The maximum Gasteiger partial charge on any atom is 0.171 e. The van der Waals surface area contributed by atoms with Crippen LogP contribution in [-0.2, 0) is 4.79 Å². The van der Waals surface area contributed by atoms with Crippen LogP contribution in [0.2, 0.25) is 0 Å². The number of fused-ring (bicyclic) bond motifs is 1. The zero-order valence-corrected chi connectivity index (χ0v) is 16.3. The summed E-state index contributed by atoms with van der Waals surface area (Å²) in [5.41, 5.74) is 5.84. The van der Waals surface area contributed by atoms with Gasteiger partial charge in [-0.3, -0.25) is 4.79 Å². The van der Waals surface area contributed by atoms with Crippen molar-refractivity contribution in [3.05, 3.63) is 90.6 Å². The van der Waals surface area contributed by atoms with Gasteiger partial charge >= 0.3 is 0 Å². The molecule has 0 aliphatic rings. The Hall–Kier alpha value is -4.30. The number of anilines is 1. The van der Waals surface area contributed by atoms with E-state index in [0.717, 1.165) is 33.7 Å². The van der Waals surface area contributed by atoms with Crippen LogP contribution in [-0.4, -0.2) is 15.8 Å². The van der Waals surface area contributed by atoms with Crippen LogP contribution in [0.5, 0.6) is 0 Å². The molecule has 30 heavy (non-hydrogen) atoms. The number of carbonyl (C=O) groups excluding carboxylic acids is 1. The highest BCUT2D eigenvalue weighted by Gasteiger charge is 2.13. The van der Waals surface area contributed by atoms with Crippen LogP contribution in [0.4, 0.5) is 5.69 Å². The first-order chi connectivity index (χ1) is 14.7. The second-order valence-electron chi connectivity index (χ2n) is 6.73. The standard InChI is InChI=1S/C25H18N4O/c1-17(30)20(15-26)16-27-21-12-13-22-23(14-21)29-25(19-10-6-3-7-11-19)24(28-22)18-8-4-2-5-9-18/h2-14,16,27H,1H3/b20-16+. The van der Waals surface area contributed by atoms with Crippen molar-refractivity contribution < 1.29 is 4.79 Å². The topological polar surface area (TPSA) is 78.7 Å². The summed E-state index contributed by atoms with van der Waals surface area (Å²) in [6.07, 6.45) is 1.41. The lowest BCUT2D eigenvalue weighted by Crippen LogP contribution is -1.99. The number of carbonyl (C=O) groups is 1. The largest absolute Gasteiger partial charge is 0.360 e. The van der Waals surface area contributed by atoms with Crippen LogP contribution in [0.25, 0.3) is 33.5 Å². The Balaban J connectivity index is 1.84. The van der Waals surface area contributed by atoms with Crippen molar-refractivity contribution in [2.24, 2.45) is 0 Å². The molecular formula is C25H18N4O. The van der Waals surface area contributed by atoms with Crippen molar-refractivity contribution in [3.63, 3.8) is 0 Å². The van der Waals surface area contributed by atoms with Gasteiger partial charge in [0.25, 0.3) is 0 Å². The van der Waals surface area contributed by atoms with Crippen molar-refractivity contribution in [2.45, 2.75) is 6.92 Å². The fourth-order valence-corrected chi connectivity index (χ4v) is 3.11. The average Bonchev–Trinajstić information content (AvgIpc) is 2.79. The minimum absolute atomic E-state index is 0.0607. The predicted octanol–water partition coefficient (Wildman–Crippen LogP) is 5.37. The molecule has 0 radical (unpaired) electrons. The molecule has 1 heterocycles. The second kappa shape index (κ2) is 8.38. The van der Waals surface area contributed by atoms with Crippen molar-refractivity contribution in [3.8, 4) is 28.6 Å². The number of rotatable bonds is 5. The van der Waals surface area contributed by atoms with E-state index in [1.165, 1.54) is 13.1 Å². The molecule has 1 N–H and O–H groups in total. The molecular weight excluding hydrogens is 372 g/mol. The first-order valence-corrected chi connectivity index (χ1v) is 9.46.